The Morgan fingerprint density at radius 1 is 1.15 bits per heavy atom. The van der Waals surface area contributed by atoms with Gasteiger partial charge in [0.25, 0.3) is 0 Å². The van der Waals surface area contributed by atoms with Crippen molar-refractivity contribution in [1.29, 1.82) is 0 Å². The normalized spacial score (nSPS) is 23.0. The average molecular weight is 275 g/mol. The number of hydrogen-bond donors (Lipinski definition) is 1. The number of nitrogens with zero attached hydrogens (tertiary/aromatic N) is 6. The summed E-state index contributed by atoms with van der Waals surface area (Å²) in [6.07, 6.45) is 5.33. The van der Waals surface area contributed by atoms with Crippen molar-refractivity contribution in [2.75, 3.05) is 23.7 Å². The highest BCUT2D eigenvalue weighted by atomic mass is 16.5. The largest absolute Gasteiger partial charge is 0.372 e. The van der Waals surface area contributed by atoms with E-state index in [9.17, 15) is 0 Å². The summed E-state index contributed by atoms with van der Waals surface area (Å²) in [7, 11) is 0. The summed E-state index contributed by atoms with van der Waals surface area (Å²) in [5.41, 5.74) is 5.79. The summed E-state index contributed by atoms with van der Waals surface area (Å²) in [4.78, 5) is 18.9. The van der Waals surface area contributed by atoms with Crippen molar-refractivity contribution in [3.8, 4) is 5.95 Å². The molecule has 0 spiro atoms. The molecule has 2 aromatic heterocycles. The van der Waals surface area contributed by atoms with Gasteiger partial charge in [-0.05, 0) is 13.8 Å². The van der Waals surface area contributed by atoms with Crippen LogP contribution in [0.1, 0.15) is 13.8 Å². The molecule has 0 amide bonds. The van der Waals surface area contributed by atoms with Gasteiger partial charge in [-0.15, -0.1) is 0 Å². The maximum atomic E-state index is 5.79. The molecule has 20 heavy (non-hydrogen) atoms. The lowest BCUT2D eigenvalue weighted by Crippen LogP contribution is -2.46. The Kier molecular flexibility index (Phi) is 3.23. The van der Waals surface area contributed by atoms with E-state index in [1.807, 2.05) is 13.8 Å². The zero-order valence-electron chi connectivity index (χ0n) is 11.5. The van der Waals surface area contributed by atoms with E-state index < -0.39 is 0 Å². The van der Waals surface area contributed by atoms with Gasteiger partial charge in [-0.1, -0.05) is 0 Å². The number of aromatic nitrogens is 5. The van der Waals surface area contributed by atoms with Crippen molar-refractivity contribution in [3.05, 3.63) is 18.7 Å². The van der Waals surface area contributed by atoms with Gasteiger partial charge in [0, 0.05) is 25.5 Å². The van der Waals surface area contributed by atoms with Gasteiger partial charge in [0.15, 0.2) is 0 Å². The first-order valence-electron chi connectivity index (χ1n) is 6.52. The summed E-state index contributed by atoms with van der Waals surface area (Å²) >= 11 is 0. The van der Waals surface area contributed by atoms with E-state index in [-0.39, 0.29) is 18.2 Å². The minimum atomic E-state index is 0.133. The fraction of sp³-hybridized carbons (Fsp3) is 0.500. The average Bonchev–Trinajstić information content (AvgIpc) is 2.90. The molecule has 8 heteroatoms. The lowest BCUT2D eigenvalue weighted by molar-refractivity contribution is -0.00572. The van der Waals surface area contributed by atoms with Gasteiger partial charge >= 0.3 is 0 Å². The summed E-state index contributed by atoms with van der Waals surface area (Å²) < 4.78 is 7.41. The zero-order valence-corrected chi connectivity index (χ0v) is 11.5. The quantitative estimate of drug-likeness (QED) is 0.839. The van der Waals surface area contributed by atoms with E-state index in [1.165, 1.54) is 0 Å². The van der Waals surface area contributed by atoms with E-state index in [1.54, 1.807) is 23.3 Å². The van der Waals surface area contributed by atoms with E-state index >= 15 is 0 Å². The summed E-state index contributed by atoms with van der Waals surface area (Å²) in [6, 6.07) is 0. The first-order chi connectivity index (χ1) is 9.61. The van der Waals surface area contributed by atoms with Crippen molar-refractivity contribution in [2.45, 2.75) is 26.1 Å². The molecule has 0 aromatic carbocycles. The molecule has 8 nitrogen and oxygen atoms in total. The van der Waals surface area contributed by atoms with Crippen molar-refractivity contribution >= 4 is 11.9 Å². The SMILES string of the molecule is CC1CN(c2nc(N)nc(-n3ccnc3)n2)CC(C)O1. The van der Waals surface area contributed by atoms with Gasteiger partial charge in [0.05, 0.1) is 12.2 Å². The predicted molar refractivity (Wildman–Crippen MR) is 73.6 cm³/mol. The van der Waals surface area contributed by atoms with Crippen molar-refractivity contribution < 1.29 is 4.74 Å². The van der Waals surface area contributed by atoms with Crippen LogP contribution >= 0.6 is 0 Å². The van der Waals surface area contributed by atoms with Crippen LogP contribution in [0, 0.1) is 0 Å². The fourth-order valence-electron chi connectivity index (χ4n) is 2.34. The van der Waals surface area contributed by atoms with Crippen LogP contribution in [-0.4, -0.2) is 49.8 Å². The first-order valence-corrected chi connectivity index (χ1v) is 6.52. The monoisotopic (exact) mass is 275 g/mol. The molecule has 0 aliphatic carbocycles. The Morgan fingerprint density at radius 3 is 2.50 bits per heavy atom. The molecule has 0 bridgehead atoms. The third-order valence-electron chi connectivity index (χ3n) is 3.07. The fourth-order valence-corrected chi connectivity index (χ4v) is 2.34. The minimum Gasteiger partial charge on any atom is -0.372 e. The Balaban J connectivity index is 1.93. The maximum absolute atomic E-state index is 5.79. The summed E-state index contributed by atoms with van der Waals surface area (Å²) in [5, 5.41) is 0. The smallest absolute Gasteiger partial charge is 0.241 e. The molecule has 3 heterocycles. The number of hydrogen-bond acceptors (Lipinski definition) is 7. The molecule has 1 aliphatic heterocycles. The van der Waals surface area contributed by atoms with E-state index in [0.717, 1.165) is 13.1 Å². The molecule has 1 saturated heterocycles. The van der Waals surface area contributed by atoms with Crippen LogP contribution in [0.25, 0.3) is 5.95 Å². The zero-order chi connectivity index (χ0) is 14.1. The van der Waals surface area contributed by atoms with Gasteiger partial charge in [0.1, 0.15) is 6.33 Å². The van der Waals surface area contributed by atoms with Crippen molar-refractivity contribution in [3.63, 3.8) is 0 Å². The minimum absolute atomic E-state index is 0.133. The van der Waals surface area contributed by atoms with Crippen LogP contribution in [0.3, 0.4) is 0 Å². The lowest BCUT2D eigenvalue weighted by Gasteiger charge is -2.35. The van der Waals surface area contributed by atoms with Gasteiger partial charge in [-0.2, -0.15) is 15.0 Å². The van der Waals surface area contributed by atoms with Gasteiger partial charge < -0.3 is 15.4 Å². The second-order valence-electron chi connectivity index (χ2n) is 4.93. The molecular weight excluding hydrogens is 258 g/mol. The first kappa shape index (κ1) is 12.8. The highest BCUT2D eigenvalue weighted by Crippen LogP contribution is 2.18. The van der Waals surface area contributed by atoms with E-state index in [2.05, 4.69) is 24.8 Å². The molecule has 2 unspecified atom stereocenters. The van der Waals surface area contributed by atoms with Gasteiger partial charge in [-0.3, -0.25) is 4.57 Å². The number of morpholine rings is 1. The Labute approximate surface area is 116 Å². The van der Waals surface area contributed by atoms with Crippen LogP contribution in [0.15, 0.2) is 18.7 Å². The van der Waals surface area contributed by atoms with Crippen molar-refractivity contribution in [2.24, 2.45) is 0 Å². The van der Waals surface area contributed by atoms with Gasteiger partial charge in [-0.25, -0.2) is 4.98 Å². The van der Waals surface area contributed by atoms with Crippen LogP contribution in [0.2, 0.25) is 0 Å². The molecule has 106 valence electrons. The lowest BCUT2D eigenvalue weighted by atomic mass is 10.2. The molecule has 2 aromatic rings. The molecular formula is C12H17N7O. The number of rotatable bonds is 2. The number of nitrogens with two attached hydrogens (primary N) is 1. The molecule has 3 rings (SSSR count). The topological polar surface area (TPSA) is 95.0 Å². The molecule has 2 N–H and O–H groups in total. The molecule has 1 aliphatic rings. The molecule has 1 fully saturated rings. The Bertz CT molecular complexity index is 575. The molecule has 0 radical (unpaired) electrons. The van der Waals surface area contributed by atoms with Crippen molar-refractivity contribution in [1.82, 2.24) is 24.5 Å². The number of anilines is 2. The number of nitrogen functional groups attached to an aromatic ring is 1. The van der Waals surface area contributed by atoms with Crippen LogP contribution in [0.5, 0.6) is 0 Å². The third kappa shape index (κ3) is 2.55. The standard InChI is InChI=1S/C12H17N7O/c1-8-5-19(6-9(2)20-8)12-16-10(13)15-11(17-12)18-4-3-14-7-18/h3-4,7-9H,5-6H2,1-2H3,(H2,13,15,16,17). The van der Waals surface area contributed by atoms with Crippen LogP contribution in [0.4, 0.5) is 11.9 Å². The van der Waals surface area contributed by atoms with E-state index in [0.29, 0.717) is 11.9 Å². The Morgan fingerprint density at radius 2 is 1.85 bits per heavy atom. The predicted octanol–water partition coefficient (Wildman–Crippen LogP) is 0.253. The second kappa shape index (κ2) is 5.04. The number of imidazole rings is 1. The second-order valence-corrected chi connectivity index (χ2v) is 4.93. The Hall–Kier alpha value is -2.22. The summed E-state index contributed by atoms with van der Waals surface area (Å²) in [6.45, 7) is 5.53. The van der Waals surface area contributed by atoms with Crippen LogP contribution in [-0.2, 0) is 4.74 Å². The van der Waals surface area contributed by atoms with Crippen LogP contribution < -0.4 is 10.6 Å². The summed E-state index contributed by atoms with van der Waals surface area (Å²) in [5.74, 6) is 1.24. The third-order valence-corrected chi connectivity index (χ3v) is 3.07. The van der Waals surface area contributed by atoms with E-state index in [4.69, 9.17) is 10.5 Å². The highest BCUT2D eigenvalue weighted by Gasteiger charge is 2.24. The molecule has 0 saturated carbocycles. The van der Waals surface area contributed by atoms with Gasteiger partial charge in [0.2, 0.25) is 17.8 Å². The maximum Gasteiger partial charge on any atom is 0.241 e. The highest BCUT2D eigenvalue weighted by molar-refractivity contribution is 5.38. The number of ether oxygens (including phenoxy) is 1. The molecule has 2 atom stereocenters.